The summed E-state index contributed by atoms with van der Waals surface area (Å²) in [6.07, 6.45) is 4.40. The largest absolute Gasteiger partial charge is 0.328 e. The number of nitrogens with two attached hydrogens (primary N) is 1. The molecule has 0 bridgehead atoms. The molecule has 0 radical (unpaired) electrons. The number of likely N-dealkylation sites (tertiary alicyclic amines) is 1. The molecule has 4 nitrogen and oxygen atoms in total. The Morgan fingerprint density at radius 2 is 2.24 bits per heavy atom. The fourth-order valence-corrected chi connectivity index (χ4v) is 2.80. The van der Waals surface area contributed by atoms with Crippen molar-refractivity contribution in [2.75, 3.05) is 13.1 Å². The van der Waals surface area contributed by atoms with Crippen molar-refractivity contribution in [2.45, 2.75) is 38.8 Å². The van der Waals surface area contributed by atoms with E-state index < -0.39 is 0 Å². The lowest BCUT2D eigenvalue weighted by molar-refractivity contribution is 0.117. The summed E-state index contributed by atoms with van der Waals surface area (Å²) in [5.41, 5.74) is 7.32. The molecule has 4 heteroatoms. The number of nitrogens with zero attached hydrogens (tertiary/aromatic N) is 3. The summed E-state index contributed by atoms with van der Waals surface area (Å²) in [6, 6.07) is 2.85. The topological polar surface area (TPSA) is 47.1 Å². The molecule has 3 atom stereocenters. The van der Waals surface area contributed by atoms with Gasteiger partial charge in [0.15, 0.2) is 0 Å². The maximum absolute atomic E-state index is 6.03. The third-order valence-electron chi connectivity index (χ3n) is 4.07. The summed E-state index contributed by atoms with van der Waals surface area (Å²) in [5, 5.41) is 4.25. The van der Waals surface area contributed by atoms with Crippen molar-refractivity contribution >= 4 is 0 Å². The van der Waals surface area contributed by atoms with Gasteiger partial charge in [-0.1, -0.05) is 0 Å². The molecule has 17 heavy (non-hydrogen) atoms. The van der Waals surface area contributed by atoms with Crippen LogP contribution < -0.4 is 5.73 Å². The number of rotatable bonds is 3. The molecule has 1 aromatic rings. The molecule has 0 spiro atoms. The molecule has 2 rings (SSSR count). The second-order valence-corrected chi connectivity index (χ2v) is 5.31. The molecule has 2 N–H and O–H groups in total. The van der Waals surface area contributed by atoms with Crippen LogP contribution in [-0.2, 0) is 7.05 Å². The van der Waals surface area contributed by atoms with Crippen LogP contribution in [0.25, 0.3) is 0 Å². The van der Waals surface area contributed by atoms with Crippen molar-refractivity contribution in [3.05, 3.63) is 18.0 Å². The van der Waals surface area contributed by atoms with Crippen LogP contribution in [0.2, 0.25) is 0 Å². The van der Waals surface area contributed by atoms with Gasteiger partial charge >= 0.3 is 0 Å². The monoisotopic (exact) mass is 236 g/mol. The summed E-state index contributed by atoms with van der Waals surface area (Å²) in [7, 11) is 2.01. The first kappa shape index (κ1) is 12.6. The number of hydrogen-bond donors (Lipinski definition) is 1. The average Bonchev–Trinajstić information content (AvgIpc) is 2.74. The van der Waals surface area contributed by atoms with Gasteiger partial charge in [0.25, 0.3) is 0 Å². The third kappa shape index (κ3) is 2.69. The molecule has 1 saturated heterocycles. The third-order valence-corrected chi connectivity index (χ3v) is 4.07. The number of aryl methyl sites for hydroxylation is 1. The van der Waals surface area contributed by atoms with Gasteiger partial charge in [0.2, 0.25) is 0 Å². The van der Waals surface area contributed by atoms with Crippen molar-refractivity contribution in [2.24, 2.45) is 18.7 Å². The van der Waals surface area contributed by atoms with Gasteiger partial charge in [0.05, 0.1) is 5.69 Å². The van der Waals surface area contributed by atoms with E-state index in [2.05, 4.69) is 29.9 Å². The van der Waals surface area contributed by atoms with E-state index in [1.54, 1.807) is 0 Å². The van der Waals surface area contributed by atoms with Crippen molar-refractivity contribution in [1.29, 1.82) is 0 Å². The summed E-state index contributed by atoms with van der Waals surface area (Å²) in [6.45, 7) is 6.68. The standard InChI is InChI=1S/C13H24N4/c1-10(14)12-5-4-8-17(9-12)11(2)13-6-7-15-16(13)3/h6-7,10-12H,4-5,8-9,14H2,1-3H3. The zero-order chi connectivity index (χ0) is 12.4. The minimum absolute atomic E-state index is 0.302. The Bertz CT molecular complexity index is 358. The fraction of sp³-hybridized carbons (Fsp3) is 0.769. The smallest absolute Gasteiger partial charge is 0.0549 e. The highest BCUT2D eigenvalue weighted by Crippen LogP contribution is 2.27. The van der Waals surface area contributed by atoms with Gasteiger partial charge < -0.3 is 5.73 Å². The van der Waals surface area contributed by atoms with Gasteiger partial charge in [-0.3, -0.25) is 9.58 Å². The minimum atomic E-state index is 0.302. The molecule has 1 aromatic heterocycles. The molecule has 0 amide bonds. The van der Waals surface area contributed by atoms with Crippen molar-refractivity contribution < 1.29 is 0 Å². The quantitative estimate of drug-likeness (QED) is 0.866. The van der Waals surface area contributed by atoms with E-state index in [4.69, 9.17) is 5.73 Å². The van der Waals surface area contributed by atoms with E-state index in [9.17, 15) is 0 Å². The maximum atomic E-state index is 6.03. The summed E-state index contributed by atoms with van der Waals surface area (Å²) < 4.78 is 1.97. The van der Waals surface area contributed by atoms with Crippen LogP contribution in [-0.4, -0.2) is 33.8 Å². The SMILES string of the molecule is CC(N)C1CCCN(C(C)c2ccnn2C)C1. The Kier molecular flexibility index (Phi) is 3.84. The van der Waals surface area contributed by atoms with Crippen LogP contribution in [0, 0.1) is 5.92 Å². The first-order valence-corrected chi connectivity index (χ1v) is 6.57. The van der Waals surface area contributed by atoms with Crippen LogP contribution in [0.3, 0.4) is 0 Å². The number of piperidine rings is 1. The highest BCUT2D eigenvalue weighted by molar-refractivity contribution is 5.06. The van der Waals surface area contributed by atoms with Crippen LogP contribution in [0.4, 0.5) is 0 Å². The fourth-order valence-electron chi connectivity index (χ4n) is 2.80. The van der Waals surface area contributed by atoms with Crippen molar-refractivity contribution in [3.63, 3.8) is 0 Å². The average molecular weight is 236 g/mol. The first-order valence-electron chi connectivity index (χ1n) is 6.57. The second-order valence-electron chi connectivity index (χ2n) is 5.31. The van der Waals surface area contributed by atoms with Crippen molar-refractivity contribution in [3.8, 4) is 0 Å². The van der Waals surface area contributed by atoms with E-state index in [0.29, 0.717) is 18.0 Å². The van der Waals surface area contributed by atoms with Crippen LogP contribution in [0.1, 0.15) is 38.4 Å². The molecular formula is C13H24N4. The Balaban J connectivity index is 2.05. The van der Waals surface area contributed by atoms with Crippen LogP contribution in [0.15, 0.2) is 12.3 Å². The van der Waals surface area contributed by atoms with Gasteiger partial charge in [-0.15, -0.1) is 0 Å². The molecule has 1 aliphatic rings. The molecule has 3 unspecified atom stereocenters. The lowest BCUT2D eigenvalue weighted by Crippen LogP contribution is -2.43. The summed E-state index contributed by atoms with van der Waals surface area (Å²) in [5.74, 6) is 0.638. The maximum Gasteiger partial charge on any atom is 0.0549 e. The molecule has 1 aliphatic heterocycles. The predicted molar refractivity (Wildman–Crippen MR) is 69.6 cm³/mol. The first-order chi connectivity index (χ1) is 8.09. The summed E-state index contributed by atoms with van der Waals surface area (Å²) in [4.78, 5) is 2.54. The lowest BCUT2D eigenvalue weighted by atomic mass is 9.91. The van der Waals surface area contributed by atoms with Gasteiger partial charge in [-0.25, -0.2) is 0 Å². The molecule has 96 valence electrons. The Hall–Kier alpha value is -0.870. The minimum Gasteiger partial charge on any atom is -0.328 e. The molecule has 2 heterocycles. The molecule has 0 saturated carbocycles. The predicted octanol–water partition coefficient (Wildman–Crippen LogP) is 1.54. The van der Waals surface area contributed by atoms with E-state index in [0.717, 1.165) is 6.54 Å². The van der Waals surface area contributed by atoms with Gasteiger partial charge in [-0.2, -0.15) is 5.10 Å². The van der Waals surface area contributed by atoms with Crippen molar-refractivity contribution in [1.82, 2.24) is 14.7 Å². The molecule has 0 aliphatic carbocycles. The Labute approximate surface area is 104 Å². The summed E-state index contributed by atoms with van der Waals surface area (Å²) >= 11 is 0. The Morgan fingerprint density at radius 3 is 2.82 bits per heavy atom. The number of aromatic nitrogens is 2. The molecular weight excluding hydrogens is 212 g/mol. The van der Waals surface area contributed by atoms with E-state index in [1.165, 1.54) is 25.1 Å². The van der Waals surface area contributed by atoms with Gasteiger partial charge in [0, 0.05) is 31.9 Å². The zero-order valence-corrected chi connectivity index (χ0v) is 11.1. The normalized spacial score (nSPS) is 25.8. The Morgan fingerprint density at radius 1 is 1.47 bits per heavy atom. The molecule has 0 aromatic carbocycles. The second kappa shape index (κ2) is 5.19. The zero-order valence-electron chi connectivity index (χ0n) is 11.1. The van der Waals surface area contributed by atoms with Gasteiger partial charge in [-0.05, 0) is 45.2 Å². The van der Waals surface area contributed by atoms with Gasteiger partial charge in [0.1, 0.15) is 0 Å². The van der Waals surface area contributed by atoms with E-state index in [1.807, 2.05) is 17.9 Å². The highest BCUT2D eigenvalue weighted by atomic mass is 15.3. The molecule has 1 fully saturated rings. The highest BCUT2D eigenvalue weighted by Gasteiger charge is 2.27. The van der Waals surface area contributed by atoms with Crippen LogP contribution >= 0.6 is 0 Å². The lowest BCUT2D eigenvalue weighted by Gasteiger charge is -2.38. The van der Waals surface area contributed by atoms with Crippen LogP contribution in [0.5, 0.6) is 0 Å². The van der Waals surface area contributed by atoms with E-state index >= 15 is 0 Å². The number of hydrogen-bond acceptors (Lipinski definition) is 3. The van der Waals surface area contributed by atoms with E-state index in [-0.39, 0.29) is 0 Å².